The first kappa shape index (κ1) is 20.7. The van der Waals surface area contributed by atoms with Gasteiger partial charge in [0.15, 0.2) is 0 Å². The second-order valence-corrected chi connectivity index (χ2v) is 7.67. The summed E-state index contributed by atoms with van der Waals surface area (Å²) in [7, 11) is 2.10. The van der Waals surface area contributed by atoms with E-state index in [9.17, 15) is 10.1 Å². The molecule has 6 N–H and O–H groups in total. The number of anilines is 1. The lowest BCUT2D eigenvalue weighted by molar-refractivity contribution is 0.313. The van der Waals surface area contributed by atoms with E-state index in [0.29, 0.717) is 27.7 Å². The number of benzene rings is 1. The van der Waals surface area contributed by atoms with Gasteiger partial charge in [-0.15, -0.1) is 0 Å². The zero-order valence-corrected chi connectivity index (χ0v) is 17.0. The molecule has 0 radical (unpaired) electrons. The summed E-state index contributed by atoms with van der Waals surface area (Å²) in [6, 6.07) is 11.6. The number of nitrogens with one attached hydrogen (secondary N) is 2. The maximum Gasteiger partial charge on any atom is 0.249 e. The molecule has 0 saturated carbocycles. The maximum atomic E-state index is 12.4. The Bertz CT molecular complexity index is 988. The number of nitriles is 1. The summed E-state index contributed by atoms with van der Waals surface area (Å²) in [4.78, 5) is 19.7. The van der Waals surface area contributed by atoms with Crippen molar-refractivity contribution in [1.82, 2.24) is 15.3 Å². The second kappa shape index (κ2) is 9.47. The summed E-state index contributed by atoms with van der Waals surface area (Å²) in [5.41, 5.74) is 5.02. The number of piperazine rings is 1. The fourth-order valence-corrected chi connectivity index (χ4v) is 4.16. The molecule has 0 amide bonds. The average molecular weight is 413 g/mol. The molecule has 1 aromatic carbocycles. The van der Waals surface area contributed by atoms with Gasteiger partial charge in [-0.25, -0.2) is 5.84 Å². The Labute approximate surface area is 173 Å². The number of nitrogens with two attached hydrogens (primary N) is 2. The molecular formula is C19H24N8OS. The molecule has 1 fully saturated rings. The first-order valence-corrected chi connectivity index (χ1v) is 10.1. The van der Waals surface area contributed by atoms with Crippen LogP contribution >= 0.6 is 11.8 Å². The third-order valence-electron chi connectivity index (χ3n) is 4.83. The number of hydrazone groups is 1. The van der Waals surface area contributed by atoms with Crippen LogP contribution in [0.1, 0.15) is 5.56 Å². The number of para-hydroxylation sites is 1. The number of amidine groups is 1. The van der Waals surface area contributed by atoms with Crippen molar-refractivity contribution in [2.45, 2.75) is 5.03 Å². The largest absolute Gasteiger partial charge is 0.368 e. The van der Waals surface area contributed by atoms with Crippen molar-refractivity contribution in [1.29, 1.82) is 5.26 Å². The summed E-state index contributed by atoms with van der Waals surface area (Å²) in [5.74, 6) is 11.3. The minimum absolute atomic E-state index is 0.276. The number of aromatic nitrogens is 1. The van der Waals surface area contributed by atoms with E-state index in [1.54, 1.807) is 0 Å². The van der Waals surface area contributed by atoms with Crippen molar-refractivity contribution in [3.05, 3.63) is 46.2 Å². The molecule has 29 heavy (non-hydrogen) atoms. The first-order valence-electron chi connectivity index (χ1n) is 9.13. The molecular weight excluding hydrogens is 388 g/mol. The van der Waals surface area contributed by atoms with E-state index in [4.69, 9.17) is 11.7 Å². The van der Waals surface area contributed by atoms with Crippen LogP contribution in [0.2, 0.25) is 0 Å². The van der Waals surface area contributed by atoms with Gasteiger partial charge in [0.2, 0.25) is 5.56 Å². The molecule has 2 aromatic rings. The summed E-state index contributed by atoms with van der Waals surface area (Å²) in [6.07, 6.45) is 0. The van der Waals surface area contributed by atoms with Crippen LogP contribution in [0.4, 0.5) is 5.69 Å². The standard InChI is InChI=1S/C19H24N8OS/c1-26-6-8-27(9-7-26)16-5-3-2-4-13(16)14-10-18(28)23-19(15(14)11-20)29-12-17(24-21)25-22/h2-5,10H,6-9,12,21-22H2,1H3,(H,23,28)(H,24,25). The predicted octanol–water partition coefficient (Wildman–Crippen LogP) is 0.493. The lowest BCUT2D eigenvalue weighted by Gasteiger charge is -2.35. The molecule has 1 aliphatic rings. The summed E-state index contributed by atoms with van der Waals surface area (Å²) in [6.45, 7) is 3.70. The molecule has 0 unspecified atom stereocenters. The fraction of sp³-hybridized carbons (Fsp3) is 0.316. The van der Waals surface area contributed by atoms with Crippen molar-refractivity contribution in [3.63, 3.8) is 0 Å². The van der Waals surface area contributed by atoms with Gasteiger partial charge in [-0.1, -0.05) is 30.0 Å². The van der Waals surface area contributed by atoms with Crippen molar-refractivity contribution in [3.8, 4) is 17.2 Å². The van der Waals surface area contributed by atoms with Gasteiger partial charge in [0.05, 0.1) is 16.3 Å². The van der Waals surface area contributed by atoms with Crippen molar-refractivity contribution >= 4 is 23.3 Å². The lowest BCUT2D eigenvalue weighted by atomic mass is 9.99. The van der Waals surface area contributed by atoms with Crippen LogP contribution in [0.3, 0.4) is 0 Å². The topological polar surface area (TPSA) is 140 Å². The first-order chi connectivity index (χ1) is 14.1. The highest BCUT2D eigenvalue weighted by Gasteiger charge is 2.21. The van der Waals surface area contributed by atoms with Gasteiger partial charge in [-0.3, -0.25) is 4.79 Å². The Kier molecular flexibility index (Phi) is 6.77. The van der Waals surface area contributed by atoms with Crippen LogP contribution < -0.4 is 27.6 Å². The molecule has 0 atom stereocenters. The van der Waals surface area contributed by atoms with Gasteiger partial charge >= 0.3 is 0 Å². The highest BCUT2D eigenvalue weighted by atomic mass is 32.2. The summed E-state index contributed by atoms with van der Waals surface area (Å²) >= 11 is 1.24. The Hall–Kier alpha value is -3.00. The molecule has 1 aliphatic heterocycles. The van der Waals surface area contributed by atoms with Gasteiger partial charge in [-0.05, 0) is 13.1 Å². The molecule has 2 heterocycles. The number of pyridine rings is 1. The van der Waals surface area contributed by atoms with Gasteiger partial charge in [0, 0.05) is 49.1 Å². The molecule has 0 spiro atoms. The zero-order valence-electron chi connectivity index (χ0n) is 16.2. The minimum Gasteiger partial charge on any atom is -0.368 e. The van der Waals surface area contributed by atoms with Crippen LogP contribution in [0.5, 0.6) is 0 Å². The molecule has 3 rings (SSSR count). The van der Waals surface area contributed by atoms with E-state index in [-0.39, 0.29) is 5.56 Å². The third-order valence-corrected chi connectivity index (χ3v) is 5.85. The number of aromatic amines is 1. The average Bonchev–Trinajstić information content (AvgIpc) is 2.74. The van der Waals surface area contributed by atoms with Gasteiger partial charge in [-0.2, -0.15) is 10.4 Å². The number of thioether (sulfide) groups is 1. The number of hydrazine groups is 1. The monoisotopic (exact) mass is 412 g/mol. The number of hydrogen-bond donors (Lipinski definition) is 4. The number of nitrogens with zero attached hydrogens (tertiary/aromatic N) is 4. The number of H-pyrrole nitrogens is 1. The van der Waals surface area contributed by atoms with Crippen LogP contribution in [0.15, 0.2) is 45.3 Å². The summed E-state index contributed by atoms with van der Waals surface area (Å²) in [5, 5.41) is 13.9. The Morgan fingerprint density at radius 2 is 2.03 bits per heavy atom. The molecule has 0 aliphatic carbocycles. The van der Waals surface area contributed by atoms with Gasteiger partial charge in [0.25, 0.3) is 0 Å². The van der Waals surface area contributed by atoms with E-state index in [1.165, 1.54) is 17.8 Å². The highest BCUT2D eigenvalue weighted by Crippen LogP contribution is 2.35. The fourth-order valence-electron chi connectivity index (χ4n) is 3.25. The minimum atomic E-state index is -0.276. The predicted molar refractivity (Wildman–Crippen MR) is 117 cm³/mol. The van der Waals surface area contributed by atoms with Gasteiger partial charge in [0.1, 0.15) is 11.9 Å². The zero-order chi connectivity index (χ0) is 20.8. The number of rotatable bonds is 5. The lowest BCUT2D eigenvalue weighted by Crippen LogP contribution is -2.44. The Morgan fingerprint density at radius 3 is 2.69 bits per heavy atom. The van der Waals surface area contributed by atoms with Crippen LogP contribution in [-0.2, 0) is 0 Å². The van der Waals surface area contributed by atoms with E-state index in [0.717, 1.165) is 37.4 Å². The molecule has 1 saturated heterocycles. The van der Waals surface area contributed by atoms with Crippen molar-refractivity contribution < 1.29 is 0 Å². The molecule has 9 nitrogen and oxygen atoms in total. The quantitative estimate of drug-likeness (QED) is 0.183. The van der Waals surface area contributed by atoms with Crippen molar-refractivity contribution in [2.75, 3.05) is 43.9 Å². The van der Waals surface area contributed by atoms with Crippen LogP contribution in [-0.4, -0.2) is 54.7 Å². The van der Waals surface area contributed by atoms with E-state index in [1.807, 2.05) is 24.3 Å². The third kappa shape index (κ3) is 4.71. The SMILES string of the molecule is CN1CCN(c2ccccc2-c2cc(=O)[nH]c(SC/C(=N/N)NN)c2C#N)CC1. The number of likely N-dealkylation sites (N-methyl/N-ethyl adjacent to an activating group) is 1. The Balaban J connectivity index is 2.03. The second-order valence-electron chi connectivity index (χ2n) is 6.68. The van der Waals surface area contributed by atoms with Crippen molar-refractivity contribution in [2.24, 2.45) is 16.8 Å². The van der Waals surface area contributed by atoms with Gasteiger partial charge < -0.3 is 26.1 Å². The smallest absolute Gasteiger partial charge is 0.249 e. The molecule has 0 bridgehead atoms. The summed E-state index contributed by atoms with van der Waals surface area (Å²) < 4.78 is 0. The van der Waals surface area contributed by atoms with E-state index >= 15 is 0 Å². The maximum absolute atomic E-state index is 12.4. The Morgan fingerprint density at radius 1 is 1.31 bits per heavy atom. The van der Waals surface area contributed by atoms with E-state index < -0.39 is 0 Å². The highest BCUT2D eigenvalue weighted by molar-refractivity contribution is 8.00. The molecule has 152 valence electrons. The number of hydrogen-bond acceptors (Lipinski definition) is 8. The van der Waals surface area contributed by atoms with E-state index in [2.05, 4.69) is 38.4 Å². The molecule has 10 heteroatoms. The normalized spacial score (nSPS) is 15.2. The van der Waals surface area contributed by atoms with Crippen LogP contribution in [0.25, 0.3) is 11.1 Å². The van der Waals surface area contributed by atoms with Crippen LogP contribution in [0, 0.1) is 11.3 Å². The molecule has 1 aromatic heterocycles.